The maximum Gasteiger partial charge on any atom is 0.354 e. The lowest BCUT2D eigenvalue weighted by Gasteiger charge is -2.09. The van der Waals surface area contributed by atoms with Gasteiger partial charge in [-0.1, -0.05) is 11.6 Å². The topological polar surface area (TPSA) is 104 Å². The Morgan fingerprint density at radius 1 is 1.21 bits per heavy atom. The zero-order valence-corrected chi connectivity index (χ0v) is 12.9. The Kier molecular flexibility index (Phi) is 3.28. The number of pyridine rings is 2. The number of nitrogens with one attached hydrogen (secondary N) is 2. The van der Waals surface area contributed by atoms with E-state index in [4.69, 9.17) is 11.6 Å². The van der Waals surface area contributed by atoms with Crippen molar-refractivity contribution < 1.29 is 9.90 Å². The molecule has 3 N–H and O–H groups in total. The second-order valence-electron chi connectivity index (χ2n) is 5.11. The first-order chi connectivity index (χ1) is 11.6. The molecular weight excluding hydrogens is 330 g/mol. The summed E-state index contributed by atoms with van der Waals surface area (Å²) in [7, 11) is 0. The number of aromatic nitrogens is 4. The minimum Gasteiger partial charge on any atom is -0.477 e. The summed E-state index contributed by atoms with van der Waals surface area (Å²) in [4.78, 5) is 20.1. The molecule has 0 aliphatic carbocycles. The van der Waals surface area contributed by atoms with Gasteiger partial charge in [0.25, 0.3) is 0 Å². The summed E-state index contributed by atoms with van der Waals surface area (Å²) in [5.74, 6) is -0.709. The van der Waals surface area contributed by atoms with Crippen LogP contribution >= 0.6 is 11.6 Å². The summed E-state index contributed by atoms with van der Waals surface area (Å²) in [5.41, 5.74) is 1.87. The zero-order valence-electron chi connectivity index (χ0n) is 12.1. The van der Waals surface area contributed by atoms with Crippen molar-refractivity contribution in [3.8, 4) is 0 Å². The molecule has 0 fully saturated rings. The van der Waals surface area contributed by atoms with Crippen LogP contribution in [0.5, 0.6) is 0 Å². The number of aromatic amines is 1. The largest absolute Gasteiger partial charge is 0.477 e. The van der Waals surface area contributed by atoms with Crippen LogP contribution in [-0.4, -0.2) is 31.2 Å². The smallest absolute Gasteiger partial charge is 0.354 e. The molecule has 118 valence electrons. The van der Waals surface area contributed by atoms with Crippen LogP contribution in [0.25, 0.3) is 21.8 Å². The van der Waals surface area contributed by atoms with Crippen molar-refractivity contribution in [1.82, 2.24) is 20.2 Å². The number of rotatable bonds is 3. The van der Waals surface area contributed by atoms with E-state index in [-0.39, 0.29) is 5.69 Å². The standard InChI is InChI=1S/C16H10ClN5O2/c17-8-1-3-9(4-2-8)19-15-12-13(21-22-14(12)16(23)24)10-7-18-6-5-11(10)20-15/h1-7H,(H,19,20)(H,21,22)(H,23,24). The molecule has 0 saturated carbocycles. The minimum atomic E-state index is -1.11. The second kappa shape index (κ2) is 5.47. The van der Waals surface area contributed by atoms with E-state index in [1.54, 1.807) is 42.7 Å². The number of hydrogen-bond donors (Lipinski definition) is 3. The van der Waals surface area contributed by atoms with Gasteiger partial charge in [-0.15, -0.1) is 0 Å². The van der Waals surface area contributed by atoms with E-state index in [9.17, 15) is 9.90 Å². The summed E-state index contributed by atoms with van der Waals surface area (Å²) in [6.07, 6.45) is 3.24. The fourth-order valence-electron chi connectivity index (χ4n) is 2.53. The van der Waals surface area contributed by atoms with Gasteiger partial charge in [-0.25, -0.2) is 9.78 Å². The van der Waals surface area contributed by atoms with E-state index in [1.165, 1.54) is 0 Å². The minimum absolute atomic E-state index is 0.0280. The van der Waals surface area contributed by atoms with Crippen LogP contribution in [0.1, 0.15) is 10.5 Å². The number of carboxylic acid groups (broad SMARTS) is 1. The maximum atomic E-state index is 11.5. The summed E-state index contributed by atoms with van der Waals surface area (Å²) < 4.78 is 0. The van der Waals surface area contributed by atoms with Crippen molar-refractivity contribution in [2.24, 2.45) is 0 Å². The highest BCUT2D eigenvalue weighted by Crippen LogP contribution is 2.31. The summed E-state index contributed by atoms with van der Waals surface area (Å²) in [6, 6.07) is 8.79. The number of benzene rings is 1. The quantitative estimate of drug-likeness (QED) is 0.527. The van der Waals surface area contributed by atoms with Gasteiger partial charge in [-0.05, 0) is 30.3 Å². The fraction of sp³-hybridized carbons (Fsp3) is 0. The van der Waals surface area contributed by atoms with Crippen LogP contribution < -0.4 is 5.32 Å². The average Bonchev–Trinajstić information content (AvgIpc) is 3.03. The van der Waals surface area contributed by atoms with E-state index in [1.807, 2.05) is 0 Å². The third-order valence-electron chi connectivity index (χ3n) is 3.61. The summed E-state index contributed by atoms with van der Waals surface area (Å²) in [5, 5.41) is 20.9. The molecule has 0 atom stereocenters. The Morgan fingerprint density at radius 3 is 2.75 bits per heavy atom. The molecular formula is C16H10ClN5O2. The van der Waals surface area contributed by atoms with Crippen LogP contribution in [0.4, 0.5) is 11.5 Å². The molecule has 3 heterocycles. The molecule has 7 nitrogen and oxygen atoms in total. The number of carbonyl (C=O) groups is 1. The van der Waals surface area contributed by atoms with E-state index in [0.717, 1.165) is 5.69 Å². The van der Waals surface area contributed by atoms with Crippen molar-refractivity contribution in [2.45, 2.75) is 0 Å². The molecule has 0 radical (unpaired) electrons. The normalized spacial score (nSPS) is 11.0. The van der Waals surface area contributed by atoms with Gasteiger partial charge >= 0.3 is 5.97 Å². The Hall–Kier alpha value is -3.19. The van der Waals surface area contributed by atoms with E-state index in [2.05, 4.69) is 25.5 Å². The summed E-state index contributed by atoms with van der Waals surface area (Å²) >= 11 is 5.89. The van der Waals surface area contributed by atoms with Crippen LogP contribution in [0.2, 0.25) is 5.02 Å². The van der Waals surface area contributed by atoms with Crippen LogP contribution in [0, 0.1) is 0 Å². The fourth-order valence-corrected chi connectivity index (χ4v) is 2.65. The Morgan fingerprint density at radius 2 is 2.00 bits per heavy atom. The number of halogens is 1. The molecule has 4 rings (SSSR count). The third-order valence-corrected chi connectivity index (χ3v) is 3.86. The SMILES string of the molecule is O=C(O)c1[nH]nc2c1c(Nc1ccc(Cl)cc1)nc1ccncc12. The van der Waals surface area contributed by atoms with Gasteiger partial charge in [0.05, 0.1) is 10.9 Å². The molecule has 0 aliphatic heterocycles. The lowest BCUT2D eigenvalue weighted by Crippen LogP contribution is -2.01. The highest BCUT2D eigenvalue weighted by atomic mass is 35.5. The van der Waals surface area contributed by atoms with Crippen LogP contribution in [-0.2, 0) is 0 Å². The molecule has 0 amide bonds. The van der Waals surface area contributed by atoms with Gasteiger partial charge in [0, 0.05) is 28.5 Å². The maximum absolute atomic E-state index is 11.5. The van der Waals surface area contributed by atoms with Crippen molar-refractivity contribution in [1.29, 1.82) is 0 Å². The average molecular weight is 340 g/mol. The number of anilines is 2. The zero-order chi connectivity index (χ0) is 16.7. The molecule has 0 aliphatic rings. The molecule has 3 aromatic heterocycles. The first-order valence-electron chi connectivity index (χ1n) is 7.01. The van der Waals surface area contributed by atoms with Crippen LogP contribution in [0.15, 0.2) is 42.7 Å². The molecule has 0 saturated heterocycles. The number of aromatic carboxylic acids is 1. The molecule has 4 aromatic rings. The predicted octanol–water partition coefficient (Wildman–Crippen LogP) is 3.60. The van der Waals surface area contributed by atoms with E-state index < -0.39 is 5.97 Å². The number of carboxylic acids is 1. The number of fused-ring (bicyclic) bond motifs is 3. The first-order valence-corrected chi connectivity index (χ1v) is 7.39. The van der Waals surface area contributed by atoms with Gasteiger partial charge in [0.2, 0.25) is 0 Å². The second-order valence-corrected chi connectivity index (χ2v) is 5.55. The molecule has 0 unspecified atom stereocenters. The molecule has 0 spiro atoms. The monoisotopic (exact) mass is 339 g/mol. The number of H-pyrrole nitrogens is 1. The highest BCUT2D eigenvalue weighted by Gasteiger charge is 2.20. The molecule has 0 bridgehead atoms. The number of hydrogen-bond acceptors (Lipinski definition) is 5. The van der Waals surface area contributed by atoms with Crippen molar-refractivity contribution in [3.05, 3.63) is 53.4 Å². The van der Waals surface area contributed by atoms with Gasteiger partial charge in [0.15, 0.2) is 5.69 Å². The third kappa shape index (κ3) is 2.31. The lowest BCUT2D eigenvalue weighted by molar-refractivity contribution is 0.0692. The van der Waals surface area contributed by atoms with Gasteiger partial charge in [-0.3, -0.25) is 10.1 Å². The van der Waals surface area contributed by atoms with E-state index in [0.29, 0.717) is 32.6 Å². The summed E-state index contributed by atoms with van der Waals surface area (Å²) in [6.45, 7) is 0. The first kappa shape index (κ1) is 14.4. The van der Waals surface area contributed by atoms with Crippen molar-refractivity contribution in [3.63, 3.8) is 0 Å². The lowest BCUT2D eigenvalue weighted by atomic mass is 10.1. The Balaban J connectivity index is 1.98. The molecule has 24 heavy (non-hydrogen) atoms. The van der Waals surface area contributed by atoms with Gasteiger partial charge < -0.3 is 10.4 Å². The van der Waals surface area contributed by atoms with Gasteiger partial charge in [-0.2, -0.15) is 5.10 Å². The van der Waals surface area contributed by atoms with Crippen LogP contribution in [0.3, 0.4) is 0 Å². The molecule has 8 heteroatoms. The number of nitrogens with zero attached hydrogens (tertiary/aromatic N) is 3. The highest BCUT2D eigenvalue weighted by molar-refractivity contribution is 6.30. The van der Waals surface area contributed by atoms with Crippen molar-refractivity contribution in [2.75, 3.05) is 5.32 Å². The van der Waals surface area contributed by atoms with Gasteiger partial charge in [0.1, 0.15) is 11.3 Å². The van der Waals surface area contributed by atoms with Crippen molar-refractivity contribution >= 4 is 50.9 Å². The van der Waals surface area contributed by atoms with E-state index >= 15 is 0 Å². The molecule has 1 aromatic carbocycles. The predicted molar refractivity (Wildman–Crippen MR) is 90.9 cm³/mol. The Labute approximate surface area is 140 Å². The Bertz CT molecular complexity index is 1080.